The minimum atomic E-state index is -0.300. The zero-order valence-corrected chi connectivity index (χ0v) is 24.9. The molecule has 1 aliphatic carbocycles. The van der Waals surface area contributed by atoms with Crippen LogP contribution < -0.4 is 0 Å². The van der Waals surface area contributed by atoms with E-state index < -0.39 is 0 Å². The molecular formula is C34H48N4O3. The Labute approximate surface area is 245 Å². The number of aromatic nitrogens is 1. The van der Waals surface area contributed by atoms with Crippen molar-refractivity contribution in [3.05, 3.63) is 42.1 Å². The number of unbranched alkanes of at least 4 members (excludes halogenated alkanes) is 1. The van der Waals surface area contributed by atoms with Gasteiger partial charge in [-0.3, -0.25) is 14.7 Å². The van der Waals surface area contributed by atoms with E-state index in [9.17, 15) is 9.59 Å². The summed E-state index contributed by atoms with van der Waals surface area (Å²) in [4.78, 5) is 37.7. The summed E-state index contributed by atoms with van der Waals surface area (Å²) in [6, 6.07) is 10.4. The first kappa shape index (κ1) is 28.4. The van der Waals surface area contributed by atoms with Crippen molar-refractivity contribution in [2.45, 2.75) is 95.6 Å². The van der Waals surface area contributed by atoms with E-state index in [4.69, 9.17) is 4.74 Å². The average molecular weight is 561 g/mol. The molecule has 6 rings (SSSR count). The molecule has 7 nitrogen and oxygen atoms in total. The van der Waals surface area contributed by atoms with E-state index in [1.165, 1.54) is 44.9 Å². The Morgan fingerprint density at radius 2 is 1.78 bits per heavy atom. The third-order valence-corrected chi connectivity index (χ3v) is 10.6. The Balaban J connectivity index is 1.03. The number of pyridine rings is 1. The average Bonchev–Trinajstić information content (AvgIpc) is 3.02. The summed E-state index contributed by atoms with van der Waals surface area (Å²) in [6.45, 7) is 7.54. The van der Waals surface area contributed by atoms with Gasteiger partial charge in [0.15, 0.2) is 0 Å². The monoisotopic (exact) mass is 560 g/mol. The summed E-state index contributed by atoms with van der Waals surface area (Å²) >= 11 is 0. The Morgan fingerprint density at radius 3 is 2.54 bits per heavy atom. The lowest BCUT2D eigenvalue weighted by Gasteiger charge is -2.52. The second-order valence-corrected chi connectivity index (χ2v) is 13.2. The molecule has 4 aliphatic rings. The van der Waals surface area contributed by atoms with Gasteiger partial charge in [0.25, 0.3) is 5.91 Å². The number of benzene rings is 1. The maximum atomic E-state index is 13.3. The Kier molecular flexibility index (Phi) is 8.80. The summed E-state index contributed by atoms with van der Waals surface area (Å²) in [5.74, 6) is 1.17. The number of ether oxygens (including phenoxy) is 1. The minimum Gasteiger partial charge on any atom is -0.442 e. The van der Waals surface area contributed by atoms with Crippen LogP contribution in [0.15, 0.2) is 36.5 Å². The predicted molar refractivity (Wildman–Crippen MR) is 162 cm³/mol. The van der Waals surface area contributed by atoms with Gasteiger partial charge in [0.05, 0.1) is 11.1 Å². The number of hydrogen-bond acceptors (Lipinski definition) is 5. The van der Waals surface area contributed by atoms with Crippen molar-refractivity contribution in [1.82, 2.24) is 19.7 Å². The van der Waals surface area contributed by atoms with Gasteiger partial charge >= 0.3 is 6.09 Å². The van der Waals surface area contributed by atoms with Crippen LogP contribution in [0, 0.1) is 11.8 Å². The Morgan fingerprint density at radius 1 is 1.02 bits per heavy atom. The Hall–Kier alpha value is -2.67. The van der Waals surface area contributed by atoms with E-state index in [1.807, 2.05) is 35.2 Å². The molecule has 2 amide bonds. The molecule has 222 valence electrons. The fourth-order valence-corrected chi connectivity index (χ4v) is 8.05. The molecule has 3 saturated heterocycles. The summed E-state index contributed by atoms with van der Waals surface area (Å²) in [5, 5.41) is 1.01. The van der Waals surface area contributed by atoms with Crippen LogP contribution in [0.1, 0.15) is 94.3 Å². The molecule has 1 unspecified atom stereocenters. The predicted octanol–water partition coefficient (Wildman–Crippen LogP) is 6.51. The van der Waals surface area contributed by atoms with Crippen LogP contribution in [-0.2, 0) is 4.74 Å². The lowest BCUT2D eigenvalue weighted by atomic mass is 9.75. The van der Waals surface area contributed by atoms with Crippen molar-refractivity contribution in [1.29, 1.82) is 0 Å². The van der Waals surface area contributed by atoms with Crippen LogP contribution in [0.2, 0.25) is 0 Å². The highest BCUT2D eigenvalue weighted by atomic mass is 16.6. The maximum Gasteiger partial charge on any atom is 0.410 e. The van der Waals surface area contributed by atoms with Gasteiger partial charge in [-0.05, 0) is 50.2 Å². The summed E-state index contributed by atoms with van der Waals surface area (Å²) in [7, 11) is 0. The van der Waals surface area contributed by atoms with E-state index >= 15 is 0 Å². The van der Waals surface area contributed by atoms with Gasteiger partial charge in [0, 0.05) is 75.7 Å². The van der Waals surface area contributed by atoms with Crippen molar-refractivity contribution < 1.29 is 14.3 Å². The van der Waals surface area contributed by atoms with Crippen LogP contribution in [0.4, 0.5) is 4.79 Å². The van der Waals surface area contributed by atoms with Crippen molar-refractivity contribution in [2.75, 3.05) is 39.3 Å². The van der Waals surface area contributed by atoms with Gasteiger partial charge in [-0.2, -0.15) is 0 Å². The van der Waals surface area contributed by atoms with Crippen LogP contribution in [-0.4, -0.2) is 82.6 Å². The van der Waals surface area contributed by atoms with Gasteiger partial charge in [0.2, 0.25) is 0 Å². The molecule has 1 aromatic carbocycles. The van der Waals surface area contributed by atoms with E-state index in [-0.39, 0.29) is 17.6 Å². The minimum absolute atomic E-state index is 0.0632. The van der Waals surface area contributed by atoms with Gasteiger partial charge < -0.3 is 14.5 Å². The fourth-order valence-electron chi connectivity index (χ4n) is 8.05. The second-order valence-electron chi connectivity index (χ2n) is 13.2. The van der Waals surface area contributed by atoms with Gasteiger partial charge in [-0.15, -0.1) is 0 Å². The first-order valence-electron chi connectivity index (χ1n) is 16.4. The Bertz CT molecular complexity index is 1200. The molecular weight excluding hydrogens is 512 g/mol. The molecule has 41 heavy (non-hydrogen) atoms. The molecule has 1 saturated carbocycles. The normalized spacial score (nSPS) is 24.6. The molecule has 4 fully saturated rings. The summed E-state index contributed by atoms with van der Waals surface area (Å²) < 4.78 is 6.44. The number of para-hydroxylation sites is 1. The lowest BCUT2D eigenvalue weighted by Crippen LogP contribution is -2.61. The van der Waals surface area contributed by atoms with Crippen LogP contribution in [0.5, 0.6) is 0 Å². The van der Waals surface area contributed by atoms with Crippen LogP contribution >= 0.6 is 0 Å². The van der Waals surface area contributed by atoms with Crippen molar-refractivity contribution >= 4 is 22.9 Å². The zero-order valence-electron chi connectivity index (χ0n) is 24.9. The standard InChI is InChI=1S/C34H48N4O3/c1-2-3-12-29-25-38(24-26-9-5-4-6-10-26)33(40)41-34(29)16-20-36(21-17-34)30-14-18-37(19-15-30)32(39)28-22-27-11-7-8-13-31(27)35-23-28/h7-8,11,13,22-23,26,29-30H,2-6,9-10,12,14-21,24-25H2,1H3. The van der Waals surface area contributed by atoms with Gasteiger partial charge in [-0.1, -0.05) is 57.2 Å². The number of piperidine rings is 2. The van der Waals surface area contributed by atoms with Crippen molar-refractivity contribution in [3.8, 4) is 0 Å². The molecule has 1 spiro atoms. The molecule has 1 atom stereocenters. The number of rotatable bonds is 7. The fraction of sp³-hybridized carbons (Fsp3) is 0.676. The maximum absolute atomic E-state index is 13.3. The quantitative estimate of drug-likeness (QED) is 0.386. The van der Waals surface area contributed by atoms with Crippen molar-refractivity contribution in [2.24, 2.45) is 11.8 Å². The molecule has 3 aliphatic heterocycles. The first-order chi connectivity index (χ1) is 20.0. The summed E-state index contributed by atoms with van der Waals surface area (Å²) in [5.41, 5.74) is 1.30. The number of fused-ring (bicyclic) bond motifs is 1. The molecule has 0 radical (unpaired) electrons. The SMILES string of the molecule is CCCCC1CN(CC2CCCCC2)C(=O)OC12CCN(C1CCN(C(=O)c3cnc4ccccc4c3)CC1)CC2. The van der Waals surface area contributed by atoms with E-state index in [1.54, 1.807) is 6.20 Å². The van der Waals surface area contributed by atoms with E-state index in [0.717, 1.165) is 82.3 Å². The number of likely N-dealkylation sites (tertiary alicyclic amines) is 2. The number of nitrogens with zero attached hydrogens (tertiary/aromatic N) is 4. The smallest absolute Gasteiger partial charge is 0.410 e. The van der Waals surface area contributed by atoms with E-state index in [0.29, 0.717) is 23.4 Å². The molecule has 2 aromatic rings. The molecule has 0 bridgehead atoms. The number of carbonyl (C=O) groups is 2. The first-order valence-corrected chi connectivity index (χ1v) is 16.4. The second kappa shape index (κ2) is 12.7. The molecule has 4 heterocycles. The largest absolute Gasteiger partial charge is 0.442 e. The molecule has 7 heteroatoms. The highest BCUT2D eigenvalue weighted by Gasteiger charge is 2.50. The summed E-state index contributed by atoms with van der Waals surface area (Å²) in [6.07, 6.45) is 15.5. The number of hydrogen-bond donors (Lipinski definition) is 0. The number of amides is 2. The lowest BCUT2D eigenvalue weighted by molar-refractivity contribution is -0.127. The number of carbonyl (C=O) groups excluding carboxylic acids is 2. The third-order valence-electron chi connectivity index (χ3n) is 10.6. The highest BCUT2D eigenvalue weighted by Crippen LogP contribution is 2.42. The van der Waals surface area contributed by atoms with Gasteiger partial charge in [0.1, 0.15) is 5.60 Å². The highest BCUT2D eigenvalue weighted by molar-refractivity contribution is 5.97. The topological polar surface area (TPSA) is 66.0 Å². The zero-order chi connectivity index (χ0) is 28.2. The molecule has 1 aromatic heterocycles. The molecule has 0 N–H and O–H groups in total. The van der Waals surface area contributed by atoms with Crippen LogP contribution in [0.25, 0.3) is 10.9 Å². The van der Waals surface area contributed by atoms with Gasteiger partial charge in [-0.25, -0.2) is 4.79 Å². The van der Waals surface area contributed by atoms with Crippen molar-refractivity contribution in [3.63, 3.8) is 0 Å². The van der Waals surface area contributed by atoms with E-state index in [2.05, 4.69) is 21.7 Å². The third kappa shape index (κ3) is 6.25. The van der Waals surface area contributed by atoms with Crippen LogP contribution in [0.3, 0.4) is 0 Å².